The van der Waals surface area contributed by atoms with Gasteiger partial charge in [-0.1, -0.05) is 36.8 Å². The highest BCUT2D eigenvalue weighted by atomic mass is 16.3. The Bertz CT molecular complexity index is 517. The standard InChI is InChI=1S/C17H19NO/c19-17(11-13-3-2-10-18-12-13)16-8-6-15(7-9-16)14-4-1-5-14/h2-3,6-10,12,14,17,19H,1,4-5,11H2. The Hall–Kier alpha value is -1.67. The van der Waals surface area contributed by atoms with Crippen molar-refractivity contribution in [2.24, 2.45) is 0 Å². The van der Waals surface area contributed by atoms with Crippen LogP contribution in [0.1, 0.15) is 48.0 Å². The maximum Gasteiger partial charge on any atom is 0.0830 e. The number of nitrogens with zero attached hydrogens (tertiary/aromatic N) is 1. The zero-order chi connectivity index (χ0) is 13.1. The van der Waals surface area contributed by atoms with Crippen LogP contribution in [0.25, 0.3) is 0 Å². The number of aliphatic hydroxyl groups is 1. The lowest BCUT2D eigenvalue weighted by atomic mass is 9.80. The van der Waals surface area contributed by atoms with Crippen molar-refractivity contribution in [1.29, 1.82) is 0 Å². The van der Waals surface area contributed by atoms with Gasteiger partial charge in [0.25, 0.3) is 0 Å². The lowest BCUT2D eigenvalue weighted by Crippen LogP contribution is -2.09. The van der Waals surface area contributed by atoms with Gasteiger partial charge >= 0.3 is 0 Å². The van der Waals surface area contributed by atoms with Gasteiger partial charge in [0.2, 0.25) is 0 Å². The van der Waals surface area contributed by atoms with Gasteiger partial charge in [0.15, 0.2) is 0 Å². The van der Waals surface area contributed by atoms with Crippen LogP contribution in [-0.2, 0) is 6.42 Å². The molecule has 1 N–H and O–H groups in total. The van der Waals surface area contributed by atoms with E-state index in [-0.39, 0.29) is 0 Å². The van der Waals surface area contributed by atoms with Gasteiger partial charge in [-0.05, 0) is 41.5 Å². The van der Waals surface area contributed by atoms with E-state index >= 15 is 0 Å². The zero-order valence-corrected chi connectivity index (χ0v) is 11.0. The second kappa shape index (κ2) is 5.54. The van der Waals surface area contributed by atoms with E-state index in [1.165, 1.54) is 24.8 Å². The third-order valence-electron chi connectivity index (χ3n) is 4.05. The van der Waals surface area contributed by atoms with Gasteiger partial charge in [-0.2, -0.15) is 0 Å². The van der Waals surface area contributed by atoms with Crippen molar-refractivity contribution in [1.82, 2.24) is 4.98 Å². The van der Waals surface area contributed by atoms with Gasteiger partial charge in [0.05, 0.1) is 6.10 Å². The lowest BCUT2D eigenvalue weighted by molar-refractivity contribution is 0.178. The van der Waals surface area contributed by atoms with E-state index in [0.717, 1.165) is 17.0 Å². The Labute approximate surface area is 114 Å². The molecule has 0 radical (unpaired) electrons. The fourth-order valence-electron chi connectivity index (χ4n) is 2.59. The first-order valence-electron chi connectivity index (χ1n) is 7.00. The molecule has 1 saturated carbocycles. The molecule has 1 heterocycles. The first kappa shape index (κ1) is 12.4. The Kier molecular flexibility index (Phi) is 3.60. The summed E-state index contributed by atoms with van der Waals surface area (Å²) < 4.78 is 0. The molecule has 0 amide bonds. The quantitative estimate of drug-likeness (QED) is 0.902. The first-order valence-corrected chi connectivity index (χ1v) is 7.00. The molecule has 0 aliphatic heterocycles. The molecular formula is C17H19NO. The van der Waals surface area contributed by atoms with Crippen LogP contribution >= 0.6 is 0 Å². The minimum atomic E-state index is -0.445. The van der Waals surface area contributed by atoms with E-state index < -0.39 is 6.10 Å². The molecule has 0 spiro atoms. The van der Waals surface area contributed by atoms with Gasteiger partial charge in [-0.15, -0.1) is 0 Å². The van der Waals surface area contributed by atoms with Crippen LogP contribution < -0.4 is 0 Å². The Morgan fingerprint density at radius 2 is 1.95 bits per heavy atom. The van der Waals surface area contributed by atoms with Crippen LogP contribution in [0.3, 0.4) is 0 Å². The van der Waals surface area contributed by atoms with E-state index in [9.17, 15) is 5.11 Å². The summed E-state index contributed by atoms with van der Waals surface area (Å²) in [5.41, 5.74) is 3.48. The van der Waals surface area contributed by atoms with Crippen molar-refractivity contribution in [2.45, 2.75) is 37.7 Å². The number of hydrogen-bond donors (Lipinski definition) is 1. The molecular weight excluding hydrogens is 234 g/mol. The molecule has 1 aliphatic rings. The molecule has 2 heteroatoms. The summed E-state index contributed by atoms with van der Waals surface area (Å²) >= 11 is 0. The molecule has 0 bridgehead atoms. The van der Waals surface area contributed by atoms with Gasteiger partial charge in [0, 0.05) is 18.8 Å². The Morgan fingerprint density at radius 1 is 1.16 bits per heavy atom. The summed E-state index contributed by atoms with van der Waals surface area (Å²) in [6.45, 7) is 0. The van der Waals surface area contributed by atoms with Gasteiger partial charge in [-0.3, -0.25) is 4.98 Å². The Morgan fingerprint density at radius 3 is 2.53 bits per heavy atom. The third kappa shape index (κ3) is 2.85. The number of aliphatic hydroxyl groups excluding tert-OH is 1. The second-order valence-corrected chi connectivity index (χ2v) is 5.38. The molecule has 1 unspecified atom stereocenters. The van der Waals surface area contributed by atoms with Crippen LogP contribution in [0, 0.1) is 0 Å². The molecule has 2 aromatic rings. The third-order valence-corrected chi connectivity index (χ3v) is 4.05. The Balaban J connectivity index is 1.67. The predicted octanol–water partition coefficient (Wildman–Crippen LogP) is 3.63. The van der Waals surface area contributed by atoms with Crippen molar-refractivity contribution < 1.29 is 5.11 Å². The fourth-order valence-corrected chi connectivity index (χ4v) is 2.59. The molecule has 1 atom stereocenters. The predicted molar refractivity (Wildman–Crippen MR) is 75.9 cm³/mol. The first-order chi connectivity index (χ1) is 9.33. The highest BCUT2D eigenvalue weighted by molar-refractivity contribution is 5.28. The second-order valence-electron chi connectivity index (χ2n) is 5.38. The molecule has 1 aromatic heterocycles. The van der Waals surface area contributed by atoms with E-state index in [1.54, 1.807) is 6.20 Å². The molecule has 1 aromatic carbocycles. The lowest BCUT2D eigenvalue weighted by Gasteiger charge is -2.26. The largest absolute Gasteiger partial charge is 0.388 e. The van der Waals surface area contributed by atoms with E-state index in [4.69, 9.17) is 0 Å². The highest BCUT2D eigenvalue weighted by Crippen LogP contribution is 2.36. The number of aromatic nitrogens is 1. The fraction of sp³-hybridized carbons (Fsp3) is 0.353. The normalized spacial score (nSPS) is 16.9. The van der Waals surface area contributed by atoms with E-state index in [2.05, 4.69) is 29.2 Å². The van der Waals surface area contributed by atoms with Crippen LogP contribution in [0.15, 0.2) is 48.8 Å². The maximum atomic E-state index is 10.2. The molecule has 1 fully saturated rings. The van der Waals surface area contributed by atoms with Gasteiger partial charge in [0.1, 0.15) is 0 Å². The summed E-state index contributed by atoms with van der Waals surface area (Å²) in [6.07, 6.45) is 7.73. The van der Waals surface area contributed by atoms with Crippen molar-refractivity contribution in [3.63, 3.8) is 0 Å². The van der Waals surface area contributed by atoms with Crippen LogP contribution in [0.5, 0.6) is 0 Å². The van der Waals surface area contributed by atoms with Crippen LogP contribution in [-0.4, -0.2) is 10.1 Å². The van der Waals surface area contributed by atoms with Crippen LogP contribution in [0.2, 0.25) is 0 Å². The summed E-state index contributed by atoms with van der Waals surface area (Å²) in [5, 5.41) is 10.2. The molecule has 1 aliphatic carbocycles. The topological polar surface area (TPSA) is 33.1 Å². The average Bonchev–Trinajstić information content (AvgIpc) is 2.39. The average molecular weight is 253 g/mol. The smallest absolute Gasteiger partial charge is 0.0830 e. The number of rotatable bonds is 4. The SMILES string of the molecule is OC(Cc1cccnc1)c1ccc(C2CCC2)cc1. The number of benzene rings is 1. The molecule has 0 saturated heterocycles. The summed E-state index contributed by atoms with van der Waals surface area (Å²) in [5.74, 6) is 0.754. The summed E-state index contributed by atoms with van der Waals surface area (Å²) in [6, 6.07) is 12.4. The van der Waals surface area contributed by atoms with Crippen molar-refractivity contribution >= 4 is 0 Å². The van der Waals surface area contributed by atoms with Crippen LogP contribution in [0.4, 0.5) is 0 Å². The van der Waals surface area contributed by atoms with Gasteiger partial charge in [-0.25, -0.2) is 0 Å². The van der Waals surface area contributed by atoms with Crippen molar-refractivity contribution in [3.8, 4) is 0 Å². The highest BCUT2D eigenvalue weighted by Gasteiger charge is 2.19. The minimum Gasteiger partial charge on any atom is -0.388 e. The molecule has 98 valence electrons. The molecule has 19 heavy (non-hydrogen) atoms. The number of pyridine rings is 1. The zero-order valence-electron chi connectivity index (χ0n) is 11.0. The number of hydrogen-bond acceptors (Lipinski definition) is 2. The van der Waals surface area contributed by atoms with E-state index in [0.29, 0.717) is 6.42 Å². The summed E-state index contributed by atoms with van der Waals surface area (Å²) in [4.78, 5) is 4.08. The summed E-state index contributed by atoms with van der Waals surface area (Å²) in [7, 11) is 0. The maximum absolute atomic E-state index is 10.2. The van der Waals surface area contributed by atoms with Gasteiger partial charge < -0.3 is 5.11 Å². The minimum absolute atomic E-state index is 0.445. The monoisotopic (exact) mass is 253 g/mol. The van der Waals surface area contributed by atoms with Crippen molar-refractivity contribution in [3.05, 3.63) is 65.5 Å². The van der Waals surface area contributed by atoms with E-state index in [1.807, 2.05) is 18.3 Å². The molecule has 2 nitrogen and oxygen atoms in total. The van der Waals surface area contributed by atoms with Crippen molar-refractivity contribution in [2.75, 3.05) is 0 Å². The molecule has 3 rings (SSSR count).